The van der Waals surface area contributed by atoms with Crippen LogP contribution in [0.1, 0.15) is 17.9 Å². The summed E-state index contributed by atoms with van der Waals surface area (Å²) in [7, 11) is 0. The SMILES string of the molecule is O=C(NCCN1CCOCC1)[C@H]1C[C@H]1c1ccc(Cl)c(Cl)c1. The maximum absolute atomic E-state index is 12.2. The van der Waals surface area contributed by atoms with Crippen molar-refractivity contribution in [1.29, 1.82) is 0 Å². The first-order chi connectivity index (χ1) is 10.6. The second-order valence-electron chi connectivity index (χ2n) is 5.87. The van der Waals surface area contributed by atoms with Crippen LogP contribution < -0.4 is 5.32 Å². The van der Waals surface area contributed by atoms with Crippen LogP contribution in [0.2, 0.25) is 10.0 Å². The Balaban J connectivity index is 1.43. The Labute approximate surface area is 140 Å². The van der Waals surface area contributed by atoms with Crippen LogP contribution in [0, 0.1) is 5.92 Å². The van der Waals surface area contributed by atoms with E-state index in [1.165, 1.54) is 0 Å². The summed E-state index contributed by atoms with van der Waals surface area (Å²) in [5, 5.41) is 4.14. The van der Waals surface area contributed by atoms with Crippen LogP contribution in [-0.2, 0) is 9.53 Å². The minimum atomic E-state index is 0.0712. The maximum atomic E-state index is 12.2. The summed E-state index contributed by atoms with van der Waals surface area (Å²) in [5.74, 6) is 0.490. The number of nitrogens with zero attached hydrogens (tertiary/aromatic N) is 1. The molecular weight excluding hydrogens is 323 g/mol. The standard InChI is InChI=1S/C16H20Cl2N2O2/c17-14-2-1-11(9-15(14)18)12-10-13(12)16(21)19-3-4-20-5-7-22-8-6-20/h1-2,9,12-13H,3-8,10H2,(H,19,21)/t12-,13-/m0/s1. The van der Waals surface area contributed by atoms with Crippen molar-refractivity contribution in [2.24, 2.45) is 5.92 Å². The van der Waals surface area contributed by atoms with Gasteiger partial charge in [-0.3, -0.25) is 9.69 Å². The molecule has 6 heteroatoms. The summed E-state index contributed by atoms with van der Waals surface area (Å²) >= 11 is 12.0. The van der Waals surface area contributed by atoms with E-state index in [1.54, 1.807) is 6.07 Å². The number of hydrogen-bond acceptors (Lipinski definition) is 3. The van der Waals surface area contributed by atoms with Crippen molar-refractivity contribution in [3.63, 3.8) is 0 Å². The Morgan fingerprint density at radius 1 is 1.27 bits per heavy atom. The molecule has 0 unspecified atom stereocenters. The molecule has 4 nitrogen and oxygen atoms in total. The Kier molecular flexibility index (Phi) is 5.24. The highest BCUT2D eigenvalue weighted by Gasteiger charge is 2.43. The van der Waals surface area contributed by atoms with Crippen LogP contribution in [0.4, 0.5) is 0 Å². The zero-order valence-electron chi connectivity index (χ0n) is 12.4. The number of hydrogen-bond donors (Lipinski definition) is 1. The number of carbonyl (C=O) groups excluding carboxylic acids is 1. The van der Waals surface area contributed by atoms with Gasteiger partial charge in [0.15, 0.2) is 0 Å². The molecule has 1 amide bonds. The lowest BCUT2D eigenvalue weighted by atomic mass is 10.1. The fourth-order valence-corrected chi connectivity index (χ4v) is 3.20. The second-order valence-corrected chi connectivity index (χ2v) is 6.68. The van der Waals surface area contributed by atoms with Crippen molar-refractivity contribution >= 4 is 29.1 Å². The number of carbonyl (C=O) groups is 1. The molecule has 1 aliphatic heterocycles. The minimum absolute atomic E-state index is 0.0712. The predicted octanol–water partition coefficient (Wildman–Crippen LogP) is 2.55. The van der Waals surface area contributed by atoms with Crippen LogP contribution in [-0.4, -0.2) is 50.2 Å². The van der Waals surface area contributed by atoms with Gasteiger partial charge in [-0.05, 0) is 30.0 Å². The van der Waals surface area contributed by atoms with Crippen molar-refractivity contribution in [1.82, 2.24) is 10.2 Å². The fourth-order valence-electron chi connectivity index (χ4n) is 2.89. The molecular formula is C16H20Cl2N2O2. The first-order valence-corrected chi connectivity index (χ1v) is 8.43. The van der Waals surface area contributed by atoms with Gasteiger partial charge in [-0.15, -0.1) is 0 Å². The lowest BCUT2D eigenvalue weighted by Crippen LogP contribution is -2.41. The molecule has 2 fully saturated rings. The summed E-state index contributed by atoms with van der Waals surface area (Å²) in [6.45, 7) is 5.06. The highest BCUT2D eigenvalue weighted by atomic mass is 35.5. The van der Waals surface area contributed by atoms with Crippen LogP contribution in [0.25, 0.3) is 0 Å². The van der Waals surface area contributed by atoms with Crippen LogP contribution >= 0.6 is 23.2 Å². The Morgan fingerprint density at radius 3 is 2.77 bits per heavy atom. The summed E-state index contributed by atoms with van der Waals surface area (Å²) in [6, 6.07) is 5.63. The van der Waals surface area contributed by atoms with Gasteiger partial charge in [0, 0.05) is 32.1 Å². The summed E-state index contributed by atoms with van der Waals surface area (Å²) in [6.07, 6.45) is 0.890. The van der Waals surface area contributed by atoms with Crippen molar-refractivity contribution < 1.29 is 9.53 Å². The van der Waals surface area contributed by atoms with E-state index in [2.05, 4.69) is 10.2 Å². The molecule has 1 N–H and O–H groups in total. The van der Waals surface area contributed by atoms with Gasteiger partial charge in [0.2, 0.25) is 5.91 Å². The lowest BCUT2D eigenvalue weighted by molar-refractivity contribution is -0.122. The van der Waals surface area contributed by atoms with E-state index in [0.717, 1.165) is 44.8 Å². The van der Waals surface area contributed by atoms with E-state index in [0.29, 0.717) is 16.6 Å². The zero-order valence-corrected chi connectivity index (χ0v) is 13.9. The third-order valence-electron chi connectivity index (χ3n) is 4.33. The molecule has 1 aliphatic carbocycles. The van der Waals surface area contributed by atoms with Gasteiger partial charge < -0.3 is 10.1 Å². The fraction of sp³-hybridized carbons (Fsp3) is 0.562. The second kappa shape index (κ2) is 7.18. The van der Waals surface area contributed by atoms with Gasteiger partial charge in [-0.25, -0.2) is 0 Å². The predicted molar refractivity (Wildman–Crippen MR) is 87.6 cm³/mol. The van der Waals surface area contributed by atoms with E-state index in [1.807, 2.05) is 12.1 Å². The van der Waals surface area contributed by atoms with Gasteiger partial charge >= 0.3 is 0 Å². The molecule has 1 saturated carbocycles. The number of rotatable bonds is 5. The zero-order chi connectivity index (χ0) is 15.5. The van der Waals surface area contributed by atoms with Crippen molar-refractivity contribution in [2.45, 2.75) is 12.3 Å². The molecule has 3 rings (SSSR count). The van der Waals surface area contributed by atoms with E-state index in [-0.39, 0.29) is 17.7 Å². The van der Waals surface area contributed by atoms with Crippen molar-refractivity contribution in [2.75, 3.05) is 39.4 Å². The average Bonchev–Trinajstić information content (AvgIpc) is 3.32. The van der Waals surface area contributed by atoms with Gasteiger partial charge in [-0.2, -0.15) is 0 Å². The lowest BCUT2D eigenvalue weighted by Gasteiger charge is -2.26. The molecule has 0 bridgehead atoms. The number of nitrogens with one attached hydrogen (secondary N) is 1. The molecule has 1 aromatic rings. The molecule has 2 aliphatic rings. The number of ether oxygens (including phenoxy) is 1. The molecule has 22 heavy (non-hydrogen) atoms. The van der Waals surface area contributed by atoms with Crippen LogP contribution in [0.5, 0.6) is 0 Å². The van der Waals surface area contributed by atoms with E-state index < -0.39 is 0 Å². The third kappa shape index (κ3) is 3.93. The van der Waals surface area contributed by atoms with Gasteiger partial charge in [0.25, 0.3) is 0 Å². The van der Waals surface area contributed by atoms with Gasteiger partial charge in [-0.1, -0.05) is 29.3 Å². The maximum Gasteiger partial charge on any atom is 0.223 e. The molecule has 0 spiro atoms. The number of morpholine rings is 1. The van der Waals surface area contributed by atoms with E-state index in [9.17, 15) is 4.79 Å². The van der Waals surface area contributed by atoms with E-state index >= 15 is 0 Å². The number of halogens is 2. The Morgan fingerprint density at radius 2 is 2.05 bits per heavy atom. The quantitative estimate of drug-likeness (QED) is 0.893. The van der Waals surface area contributed by atoms with Crippen molar-refractivity contribution in [3.05, 3.63) is 33.8 Å². The van der Waals surface area contributed by atoms with Gasteiger partial charge in [0.1, 0.15) is 0 Å². The highest BCUT2D eigenvalue weighted by molar-refractivity contribution is 6.42. The summed E-state index contributed by atoms with van der Waals surface area (Å²) in [5.41, 5.74) is 1.10. The summed E-state index contributed by atoms with van der Waals surface area (Å²) < 4.78 is 5.31. The number of amides is 1. The van der Waals surface area contributed by atoms with Crippen molar-refractivity contribution in [3.8, 4) is 0 Å². The van der Waals surface area contributed by atoms with E-state index in [4.69, 9.17) is 27.9 Å². The third-order valence-corrected chi connectivity index (χ3v) is 5.07. The molecule has 0 aromatic heterocycles. The molecule has 1 aromatic carbocycles. The average molecular weight is 343 g/mol. The molecule has 1 saturated heterocycles. The van der Waals surface area contributed by atoms with Gasteiger partial charge in [0.05, 0.1) is 23.3 Å². The Hall–Kier alpha value is -0.810. The normalized spacial score (nSPS) is 25.0. The number of benzene rings is 1. The first-order valence-electron chi connectivity index (χ1n) is 7.68. The Bertz CT molecular complexity index is 547. The molecule has 2 atom stereocenters. The smallest absolute Gasteiger partial charge is 0.223 e. The molecule has 120 valence electrons. The summed E-state index contributed by atoms with van der Waals surface area (Å²) in [4.78, 5) is 14.5. The molecule has 1 heterocycles. The monoisotopic (exact) mass is 342 g/mol. The van der Waals surface area contributed by atoms with Crippen LogP contribution in [0.3, 0.4) is 0 Å². The topological polar surface area (TPSA) is 41.6 Å². The minimum Gasteiger partial charge on any atom is -0.379 e. The highest BCUT2D eigenvalue weighted by Crippen LogP contribution is 2.48. The largest absolute Gasteiger partial charge is 0.379 e. The van der Waals surface area contributed by atoms with Crippen LogP contribution in [0.15, 0.2) is 18.2 Å². The first kappa shape index (κ1) is 16.1. The molecule has 0 radical (unpaired) electrons.